The highest BCUT2D eigenvalue weighted by Crippen LogP contribution is 2.28. The van der Waals surface area contributed by atoms with E-state index in [-0.39, 0.29) is 11.7 Å². The highest BCUT2D eigenvalue weighted by Gasteiger charge is 2.18. The molecular formula is C24H17FN2OS. The first kappa shape index (κ1) is 17.6. The zero-order valence-corrected chi connectivity index (χ0v) is 16.2. The van der Waals surface area contributed by atoms with Gasteiger partial charge in [-0.1, -0.05) is 48.5 Å². The van der Waals surface area contributed by atoms with Crippen molar-refractivity contribution >= 4 is 43.9 Å². The van der Waals surface area contributed by atoms with Gasteiger partial charge in [0.05, 0.1) is 10.2 Å². The summed E-state index contributed by atoms with van der Waals surface area (Å²) in [5.74, 6) is -0.459. The van der Waals surface area contributed by atoms with Crippen LogP contribution in [-0.2, 0) is 6.54 Å². The van der Waals surface area contributed by atoms with Crippen LogP contribution in [0.1, 0.15) is 16.1 Å². The first-order valence-electron chi connectivity index (χ1n) is 9.29. The molecule has 0 saturated carbocycles. The second-order valence-corrected chi connectivity index (χ2v) is 7.84. The third kappa shape index (κ3) is 3.30. The Bertz CT molecular complexity index is 1350. The minimum absolute atomic E-state index is 0.179. The van der Waals surface area contributed by atoms with Gasteiger partial charge in [0.2, 0.25) is 0 Å². The maximum atomic E-state index is 13.7. The molecule has 0 fully saturated rings. The van der Waals surface area contributed by atoms with Gasteiger partial charge < -0.3 is 9.88 Å². The second kappa shape index (κ2) is 7.18. The largest absolute Gasteiger partial charge is 0.331 e. The quantitative estimate of drug-likeness (QED) is 0.378. The van der Waals surface area contributed by atoms with Gasteiger partial charge in [-0.25, -0.2) is 4.39 Å². The Balaban J connectivity index is 1.54. The van der Waals surface area contributed by atoms with Crippen LogP contribution in [0.3, 0.4) is 0 Å². The average molecular weight is 400 g/mol. The lowest BCUT2D eigenvalue weighted by molar-refractivity contribution is 0.101. The summed E-state index contributed by atoms with van der Waals surface area (Å²) in [7, 11) is 0. The van der Waals surface area contributed by atoms with Crippen LogP contribution in [0.4, 0.5) is 10.1 Å². The zero-order valence-electron chi connectivity index (χ0n) is 15.4. The number of anilines is 1. The molecule has 1 amide bonds. The number of rotatable bonds is 4. The Morgan fingerprint density at radius 3 is 2.69 bits per heavy atom. The average Bonchev–Trinajstić information content (AvgIpc) is 3.31. The Kier molecular flexibility index (Phi) is 4.37. The van der Waals surface area contributed by atoms with Gasteiger partial charge in [-0.05, 0) is 46.7 Å². The molecule has 1 N–H and O–H groups in total. The van der Waals surface area contributed by atoms with Crippen LogP contribution in [0.25, 0.3) is 21.0 Å². The fraction of sp³-hybridized carbons (Fsp3) is 0.0417. The minimum Gasteiger partial charge on any atom is -0.331 e. The van der Waals surface area contributed by atoms with Crippen molar-refractivity contribution in [2.75, 3.05) is 5.32 Å². The maximum absolute atomic E-state index is 13.7. The smallest absolute Gasteiger partial charge is 0.272 e. The third-order valence-electron chi connectivity index (χ3n) is 5.02. The van der Waals surface area contributed by atoms with E-state index >= 15 is 0 Å². The molecule has 5 rings (SSSR count). The van der Waals surface area contributed by atoms with Gasteiger partial charge in [0.25, 0.3) is 5.91 Å². The summed E-state index contributed by atoms with van der Waals surface area (Å²) in [6.07, 6.45) is 0. The number of carbonyl (C=O) groups is 1. The normalized spacial score (nSPS) is 11.2. The highest BCUT2D eigenvalue weighted by atomic mass is 32.1. The number of nitrogens with one attached hydrogen (secondary N) is 1. The van der Waals surface area contributed by atoms with Crippen molar-refractivity contribution < 1.29 is 9.18 Å². The molecule has 0 spiro atoms. The number of hydrogen-bond donors (Lipinski definition) is 1. The van der Waals surface area contributed by atoms with Gasteiger partial charge in [0.15, 0.2) is 0 Å². The van der Waals surface area contributed by atoms with Crippen LogP contribution in [0.5, 0.6) is 0 Å². The number of amides is 1. The minimum atomic E-state index is -0.280. The summed E-state index contributed by atoms with van der Waals surface area (Å²) >= 11 is 1.59. The van der Waals surface area contributed by atoms with E-state index in [1.807, 2.05) is 70.6 Å². The van der Waals surface area contributed by atoms with Gasteiger partial charge in [-0.15, -0.1) is 11.3 Å². The number of benzene rings is 3. The molecule has 29 heavy (non-hydrogen) atoms. The van der Waals surface area contributed by atoms with Crippen molar-refractivity contribution in [2.24, 2.45) is 0 Å². The number of hydrogen-bond acceptors (Lipinski definition) is 2. The lowest BCUT2D eigenvalue weighted by atomic mass is 10.1. The summed E-state index contributed by atoms with van der Waals surface area (Å²) in [5, 5.41) is 7.12. The molecule has 0 aliphatic rings. The van der Waals surface area contributed by atoms with Crippen molar-refractivity contribution in [3.8, 4) is 0 Å². The number of nitrogens with zero attached hydrogens (tertiary/aromatic N) is 1. The molecule has 2 heterocycles. The SMILES string of the molecule is O=C(Nc1cccc2ccccc12)c1cc2sccc2n1Cc1cccc(F)c1. The summed E-state index contributed by atoms with van der Waals surface area (Å²) in [4.78, 5) is 13.2. The summed E-state index contributed by atoms with van der Waals surface area (Å²) in [6.45, 7) is 0.427. The molecular weight excluding hydrogens is 383 g/mol. The molecule has 0 atom stereocenters. The number of halogens is 1. The van der Waals surface area contributed by atoms with Crippen molar-refractivity contribution in [3.63, 3.8) is 0 Å². The van der Waals surface area contributed by atoms with Crippen LogP contribution >= 0.6 is 11.3 Å². The molecule has 0 saturated heterocycles. The van der Waals surface area contributed by atoms with Gasteiger partial charge in [0.1, 0.15) is 11.5 Å². The van der Waals surface area contributed by atoms with Gasteiger partial charge in [-0.2, -0.15) is 0 Å². The van der Waals surface area contributed by atoms with Gasteiger partial charge >= 0.3 is 0 Å². The van der Waals surface area contributed by atoms with E-state index in [1.165, 1.54) is 12.1 Å². The van der Waals surface area contributed by atoms with Crippen LogP contribution in [0, 0.1) is 5.82 Å². The van der Waals surface area contributed by atoms with Crippen LogP contribution in [0.2, 0.25) is 0 Å². The topological polar surface area (TPSA) is 34.0 Å². The van der Waals surface area contributed by atoms with Crippen molar-refractivity contribution in [1.82, 2.24) is 4.57 Å². The Hall–Kier alpha value is -3.44. The molecule has 0 aliphatic carbocycles. The van der Waals surface area contributed by atoms with Crippen molar-refractivity contribution in [2.45, 2.75) is 6.54 Å². The molecule has 0 unspecified atom stereocenters. The number of fused-ring (bicyclic) bond motifs is 2. The number of thiophene rings is 1. The molecule has 5 aromatic rings. The highest BCUT2D eigenvalue weighted by molar-refractivity contribution is 7.17. The maximum Gasteiger partial charge on any atom is 0.272 e. The summed E-state index contributed by atoms with van der Waals surface area (Å²) in [5.41, 5.74) is 3.12. The zero-order chi connectivity index (χ0) is 19.8. The molecule has 5 heteroatoms. The van der Waals surface area contributed by atoms with Crippen LogP contribution in [0.15, 0.2) is 84.2 Å². The van der Waals surface area contributed by atoms with E-state index < -0.39 is 0 Å². The molecule has 0 bridgehead atoms. The molecule has 0 aliphatic heterocycles. The lowest BCUT2D eigenvalue weighted by Crippen LogP contribution is -2.17. The van der Waals surface area contributed by atoms with E-state index in [0.717, 1.165) is 32.2 Å². The van der Waals surface area contributed by atoms with E-state index in [4.69, 9.17) is 0 Å². The monoisotopic (exact) mass is 400 g/mol. The second-order valence-electron chi connectivity index (χ2n) is 6.90. The van der Waals surface area contributed by atoms with Gasteiger partial charge in [0, 0.05) is 17.6 Å². The van der Waals surface area contributed by atoms with E-state index in [2.05, 4.69) is 5.32 Å². The first-order valence-corrected chi connectivity index (χ1v) is 10.2. The first-order chi connectivity index (χ1) is 14.2. The van der Waals surface area contributed by atoms with E-state index in [9.17, 15) is 9.18 Å². The molecule has 3 aromatic carbocycles. The fourth-order valence-corrected chi connectivity index (χ4v) is 4.50. The van der Waals surface area contributed by atoms with Gasteiger partial charge in [-0.3, -0.25) is 4.79 Å². The standard InChI is InChI=1S/C24H17FN2OS/c25-18-8-3-5-16(13-18)15-27-21-11-12-29-23(21)14-22(27)24(28)26-20-10-4-7-17-6-1-2-9-19(17)20/h1-14H,15H2,(H,26,28). The molecule has 2 aromatic heterocycles. The van der Waals surface area contributed by atoms with Crippen molar-refractivity contribution in [3.05, 3.63) is 101 Å². The number of carbonyl (C=O) groups excluding carboxylic acids is 1. The predicted octanol–water partition coefficient (Wildman–Crippen LogP) is 6.30. The third-order valence-corrected chi connectivity index (χ3v) is 5.88. The van der Waals surface area contributed by atoms with E-state index in [0.29, 0.717) is 12.2 Å². The molecule has 142 valence electrons. The fourth-order valence-electron chi connectivity index (χ4n) is 3.67. The Morgan fingerprint density at radius 1 is 0.966 bits per heavy atom. The molecule has 0 radical (unpaired) electrons. The van der Waals surface area contributed by atoms with Crippen LogP contribution < -0.4 is 5.32 Å². The Morgan fingerprint density at radius 2 is 1.79 bits per heavy atom. The van der Waals surface area contributed by atoms with Crippen molar-refractivity contribution in [1.29, 1.82) is 0 Å². The van der Waals surface area contributed by atoms with Crippen LogP contribution in [-0.4, -0.2) is 10.5 Å². The summed E-state index contributed by atoms with van der Waals surface area (Å²) in [6, 6.07) is 24.2. The predicted molar refractivity (Wildman–Crippen MR) is 117 cm³/mol. The lowest BCUT2D eigenvalue weighted by Gasteiger charge is -2.12. The summed E-state index contributed by atoms with van der Waals surface area (Å²) < 4.78 is 16.6. The Labute approximate surface area is 171 Å². The molecule has 3 nitrogen and oxygen atoms in total. The number of aromatic nitrogens is 1. The van der Waals surface area contributed by atoms with E-state index in [1.54, 1.807) is 17.4 Å².